The number of nitrogens with two attached hydrogens (primary N) is 1. The Morgan fingerprint density at radius 3 is 2.82 bits per heavy atom. The summed E-state index contributed by atoms with van der Waals surface area (Å²) in [5, 5.41) is 13.4. The highest BCUT2D eigenvalue weighted by molar-refractivity contribution is 9.10. The van der Waals surface area contributed by atoms with Gasteiger partial charge in [0.2, 0.25) is 5.91 Å². The summed E-state index contributed by atoms with van der Waals surface area (Å²) in [7, 11) is 0. The average Bonchev–Trinajstić information content (AvgIpc) is 2.23. The highest BCUT2D eigenvalue weighted by Gasteiger charge is 2.12. The molecule has 1 rings (SSSR count). The van der Waals surface area contributed by atoms with Gasteiger partial charge in [0, 0.05) is 4.47 Å². The van der Waals surface area contributed by atoms with Crippen molar-refractivity contribution in [2.45, 2.75) is 6.42 Å². The molecule has 0 heterocycles. The van der Waals surface area contributed by atoms with Gasteiger partial charge in [-0.2, -0.15) is 0 Å². The maximum atomic E-state index is 12.9. The Kier molecular flexibility index (Phi) is 4.71. The Hall–Kier alpha value is -1.34. The molecule has 1 amide bonds. The molecule has 0 unspecified atom stereocenters. The van der Waals surface area contributed by atoms with Crippen LogP contribution in [-0.4, -0.2) is 17.0 Å². The first-order chi connectivity index (χ1) is 7.93. The van der Waals surface area contributed by atoms with Crippen LogP contribution in [0.15, 0.2) is 21.8 Å². The molecule has 0 atom stereocenters. The summed E-state index contributed by atoms with van der Waals surface area (Å²) >= 11 is 8.81. The maximum absolute atomic E-state index is 12.9. The molecule has 0 saturated heterocycles. The SMILES string of the molecule is NC(CC(=O)Nc1c(Cl)cc(F)cc1Br)=NO. The van der Waals surface area contributed by atoms with Crippen LogP contribution in [0.3, 0.4) is 0 Å². The number of anilines is 1. The Labute approximate surface area is 110 Å². The number of amidine groups is 1. The highest BCUT2D eigenvalue weighted by atomic mass is 79.9. The number of carbonyl (C=O) groups excluding carboxylic acids is 1. The second-order valence-corrected chi connectivity index (χ2v) is 4.32. The fraction of sp³-hybridized carbons (Fsp3) is 0.111. The van der Waals surface area contributed by atoms with Crippen LogP contribution in [0.2, 0.25) is 5.02 Å². The minimum atomic E-state index is -0.533. The lowest BCUT2D eigenvalue weighted by molar-refractivity contribution is -0.115. The number of halogens is 3. The maximum Gasteiger partial charge on any atom is 0.232 e. The molecule has 0 aliphatic rings. The molecule has 0 saturated carbocycles. The zero-order valence-electron chi connectivity index (χ0n) is 8.38. The Bertz CT molecular complexity index is 458. The summed E-state index contributed by atoms with van der Waals surface area (Å²) in [6.07, 6.45) is -0.295. The van der Waals surface area contributed by atoms with Gasteiger partial charge in [0.05, 0.1) is 17.1 Å². The van der Waals surface area contributed by atoms with Crippen LogP contribution >= 0.6 is 27.5 Å². The third kappa shape index (κ3) is 3.86. The zero-order chi connectivity index (χ0) is 13.0. The minimum absolute atomic E-state index is 0.0460. The number of amides is 1. The van der Waals surface area contributed by atoms with Gasteiger partial charge in [0.1, 0.15) is 11.7 Å². The van der Waals surface area contributed by atoms with E-state index in [1.807, 2.05) is 0 Å². The number of nitrogens with one attached hydrogen (secondary N) is 1. The van der Waals surface area contributed by atoms with Crippen molar-refractivity contribution in [1.29, 1.82) is 0 Å². The van der Waals surface area contributed by atoms with E-state index in [0.717, 1.165) is 12.1 Å². The van der Waals surface area contributed by atoms with Crippen LogP contribution in [0.4, 0.5) is 10.1 Å². The number of hydrogen-bond acceptors (Lipinski definition) is 3. The van der Waals surface area contributed by atoms with Crippen LogP contribution in [0, 0.1) is 5.82 Å². The fourth-order valence-electron chi connectivity index (χ4n) is 1.05. The topological polar surface area (TPSA) is 87.7 Å². The molecule has 5 nitrogen and oxygen atoms in total. The van der Waals surface area contributed by atoms with Gasteiger partial charge in [-0.25, -0.2) is 4.39 Å². The van der Waals surface area contributed by atoms with Crippen LogP contribution < -0.4 is 11.1 Å². The van der Waals surface area contributed by atoms with E-state index in [1.165, 1.54) is 0 Å². The molecule has 17 heavy (non-hydrogen) atoms. The van der Waals surface area contributed by atoms with Crippen molar-refractivity contribution >= 4 is 45.0 Å². The normalized spacial score (nSPS) is 11.4. The first-order valence-electron chi connectivity index (χ1n) is 4.35. The monoisotopic (exact) mass is 323 g/mol. The van der Waals surface area contributed by atoms with E-state index in [9.17, 15) is 9.18 Å². The van der Waals surface area contributed by atoms with Gasteiger partial charge < -0.3 is 16.3 Å². The molecule has 1 aromatic carbocycles. The van der Waals surface area contributed by atoms with Gasteiger partial charge in [-0.15, -0.1) is 0 Å². The van der Waals surface area contributed by atoms with Gasteiger partial charge in [-0.05, 0) is 28.1 Å². The summed E-state index contributed by atoms with van der Waals surface area (Å²) < 4.78 is 13.2. The Morgan fingerprint density at radius 2 is 2.29 bits per heavy atom. The number of benzene rings is 1. The molecule has 0 aliphatic heterocycles. The minimum Gasteiger partial charge on any atom is -0.409 e. The molecular weight excluding hydrogens is 316 g/mol. The summed E-state index contributed by atoms with van der Waals surface area (Å²) in [6, 6.07) is 2.22. The first-order valence-corrected chi connectivity index (χ1v) is 5.52. The second-order valence-electron chi connectivity index (χ2n) is 3.06. The van der Waals surface area contributed by atoms with Crippen LogP contribution in [0.1, 0.15) is 6.42 Å². The van der Waals surface area contributed by atoms with Crippen LogP contribution in [-0.2, 0) is 4.79 Å². The van der Waals surface area contributed by atoms with E-state index >= 15 is 0 Å². The van der Waals surface area contributed by atoms with Crippen molar-refractivity contribution < 1.29 is 14.4 Å². The second kappa shape index (κ2) is 5.83. The van der Waals surface area contributed by atoms with E-state index in [4.69, 9.17) is 22.5 Å². The molecule has 92 valence electrons. The van der Waals surface area contributed by atoms with Gasteiger partial charge in [-0.1, -0.05) is 16.8 Å². The quantitative estimate of drug-likeness (QED) is 0.345. The highest BCUT2D eigenvalue weighted by Crippen LogP contribution is 2.31. The Morgan fingerprint density at radius 1 is 1.65 bits per heavy atom. The van der Waals surface area contributed by atoms with Gasteiger partial charge in [0.25, 0.3) is 0 Å². The standard InChI is InChI=1S/C9H8BrClFN3O2/c10-5-1-4(12)2-6(11)9(5)14-8(16)3-7(13)15-17/h1-2,17H,3H2,(H2,13,15)(H,14,16). The number of oxime groups is 1. The van der Waals surface area contributed by atoms with Crippen molar-refractivity contribution in [3.63, 3.8) is 0 Å². The lowest BCUT2D eigenvalue weighted by Gasteiger charge is -2.09. The molecule has 0 aliphatic carbocycles. The van der Waals surface area contributed by atoms with Crippen LogP contribution in [0.5, 0.6) is 0 Å². The molecule has 1 aromatic rings. The third-order valence-corrected chi connectivity index (χ3v) is 2.66. The summed E-state index contributed by atoms with van der Waals surface area (Å²) in [5.74, 6) is -1.30. The summed E-state index contributed by atoms with van der Waals surface area (Å²) in [5.41, 5.74) is 5.39. The third-order valence-electron chi connectivity index (χ3n) is 1.74. The number of rotatable bonds is 3. The zero-order valence-corrected chi connectivity index (χ0v) is 10.7. The van der Waals surface area contributed by atoms with Gasteiger partial charge in [0.15, 0.2) is 0 Å². The van der Waals surface area contributed by atoms with E-state index in [1.54, 1.807) is 0 Å². The predicted octanol–water partition coefficient (Wildman–Crippen LogP) is 2.32. The molecular formula is C9H8BrClFN3O2. The van der Waals surface area contributed by atoms with E-state index in [2.05, 4.69) is 26.4 Å². The predicted molar refractivity (Wildman–Crippen MR) is 65.8 cm³/mol. The molecule has 0 radical (unpaired) electrons. The summed E-state index contributed by atoms with van der Waals surface area (Å²) in [6.45, 7) is 0. The van der Waals surface area contributed by atoms with Crippen molar-refractivity contribution in [3.05, 3.63) is 27.4 Å². The number of carbonyl (C=O) groups is 1. The van der Waals surface area contributed by atoms with Crippen molar-refractivity contribution in [1.82, 2.24) is 0 Å². The largest absolute Gasteiger partial charge is 0.409 e. The summed E-state index contributed by atoms with van der Waals surface area (Å²) in [4.78, 5) is 11.4. The molecule has 4 N–H and O–H groups in total. The lowest BCUT2D eigenvalue weighted by atomic mass is 10.3. The van der Waals surface area contributed by atoms with E-state index in [-0.39, 0.29) is 23.0 Å². The molecule has 8 heteroatoms. The average molecular weight is 325 g/mol. The lowest BCUT2D eigenvalue weighted by Crippen LogP contribution is -2.22. The van der Waals surface area contributed by atoms with Gasteiger partial charge in [-0.3, -0.25) is 4.79 Å². The smallest absolute Gasteiger partial charge is 0.232 e. The van der Waals surface area contributed by atoms with Crippen molar-refractivity contribution in [3.8, 4) is 0 Å². The number of hydrogen-bond donors (Lipinski definition) is 3. The molecule has 0 bridgehead atoms. The van der Waals surface area contributed by atoms with Gasteiger partial charge >= 0.3 is 0 Å². The molecule has 0 fully saturated rings. The van der Waals surface area contributed by atoms with E-state index in [0.29, 0.717) is 4.47 Å². The van der Waals surface area contributed by atoms with Crippen molar-refractivity contribution in [2.24, 2.45) is 10.9 Å². The number of nitrogens with zero attached hydrogens (tertiary/aromatic N) is 1. The fourth-order valence-corrected chi connectivity index (χ4v) is 1.94. The first kappa shape index (κ1) is 13.7. The molecule has 0 aromatic heterocycles. The Balaban J connectivity index is 2.85. The van der Waals surface area contributed by atoms with Crippen molar-refractivity contribution in [2.75, 3.05) is 5.32 Å². The van der Waals surface area contributed by atoms with Crippen LogP contribution in [0.25, 0.3) is 0 Å². The van der Waals surface area contributed by atoms with E-state index < -0.39 is 11.7 Å². The molecule has 0 spiro atoms.